The first-order valence-electron chi connectivity index (χ1n) is 8.94. The zero-order valence-electron chi connectivity index (χ0n) is 14.8. The molecule has 1 atom stereocenters. The summed E-state index contributed by atoms with van der Waals surface area (Å²) in [7, 11) is 0. The number of hydrogen-bond acceptors (Lipinski definition) is 3. The van der Waals surface area contributed by atoms with Crippen molar-refractivity contribution in [2.45, 2.75) is 39.2 Å². The van der Waals surface area contributed by atoms with Crippen LogP contribution in [0.2, 0.25) is 5.02 Å². The van der Waals surface area contributed by atoms with Gasteiger partial charge < -0.3 is 15.0 Å². The van der Waals surface area contributed by atoms with Gasteiger partial charge in [0.15, 0.2) is 0 Å². The number of carbonyl (C=O) groups is 2. The molecule has 1 saturated heterocycles. The molecule has 0 spiro atoms. The summed E-state index contributed by atoms with van der Waals surface area (Å²) in [4.78, 5) is 26.5. The van der Waals surface area contributed by atoms with Crippen molar-refractivity contribution >= 4 is 23.4 Å². The summed E-state index contributed by atoms with van der Waals surface area (Å²) in [5.74, 6) is 0.867. The lowest BCUT2D eigenvalue weighted by molar-refractivity contribution is -0.135. The van der Waals surface area contributed by atoms with Crippen molar-refractivity contribution in [3.8, 4) is 5.75 Å². The van der Waals surface area contributed by atoms with Gasteiger partial charge in [0.25, 0.3) is 0 Å². The molecule has 6 heteroatoms. The van der Waals surface area contributed by atoms with Crippen molar-refractivity contribution in [2.75, 3.05) is 19.7 Å². The van der Waals surface area contributed by atoms with Crippen molar-refractivity contribution in [1.82, 2.24) is 10.2 Å². The number of rotatable bonds is 3. The summed E-state index contributed by atoms with van der Waals surface area (Å²) in [6.45, 7) is 5.65. The van der Waals surface area contributed by atoms with Crippen LogP contribution in [-0.2, 0) is 16.0 Å². The van der Waals surface area contributed by atoms with E-state index in [0.29, 0.717) is 31.1 Å². The van der Waals surface area contributed by atoms with Crippen LogP contribution in [0.4, 0.5) is 0 Å². The summed E-state index contributed by atoms with van der Waals surface area (Å²) < 4.78 is 5.70. The number of hydrogen-bond donors (Lipinski definition) is 1. The number of likely N-dealkylation sites (tertiary alicyclic amines) is 1. The van der Waals surface area contributed by atoms with Gasteiger partial charge in [-0.2, -0.15) is 0 Å². The molecule has 5 nitrogen and oxygen atoms in total. The molecule has 0 radical (unpaired) electrons. The zero-order chi connectivity index (χ0) is 18.0. The van der Waals surface area contributed by atoms with Gasteiger partial charge in [-0.3, -0.25) is 9.59 Å². The zero-order valence-corrected chi connectivity index (χ0v) is 15.5. The van der Waals surface area contributed by atoms with Gasteiger partial charge in [0.05, 0.1) is 5.92 Å². The highest BCUT2D eigenvalue weighted by Gasteiger charge is 2.30. The van der Waals surface area contributed by atoms with E-state index in [1.807, 2.05) is 30.9 Å². The van der Waals surface area contributed by atoms with Crippen LogP contribution in [-0.4, -0.2) is 42.5 Å². The van der Waals surface area contributed by atoms with Gasteiger partial charge in [-0.1, -0.05) is 25.4 Å². The first-order valence-corrected chi connectivity index (χ1v) is 9.32. The van der Waals surface area contributed by atoms with Crippen molar-refractivity contribution in [2.24, 2.45) is 11.8 Å². The van der Waals surface area contributed by atoms with E-state index in [0.717, 1.165) is 24.2 Å². The molecule has 1 fully saturated rings. The average Bonchev–Trinajstić information content (AvgIpc) is 2.61. The molecule has 2 aliphatic heterocycles. The van der Waals surface area contributed by atoms with Crippen molar-refractivity contribution in [1.29, 1.82) is 0 Å². The maximum atomic E-state index is 12.6. The Balaban J connectivity index is 1.51. The van der Waals surface area contributed by atoms with Crippen LogP contribution < -0.4 is 10.1 Å². The average molecular weight is 365 g/mol. The standard InChI is InChI=1S/C19H25ClN2O3/c1-12(2)19(24)22-7-5-16(6-8-22)21-18(23)14-9-13-10-15(20)3-4-17(13)25-11-14/h3-4,10,12,14,16H,5-9,11H2,1-2H3,(H,21,23). The molecule has 0 bridgehead atoms. The Morgan fingerprint density at radius 2 is 2.00 bits per heavy atom. The minimum Gasteiger partial charge on any atom is -0.492 e. The van der Waals surface area contributed by atoms with E-state index < -0.39 is 0 Å². The highest BCUT2D eigenvalue weighted by molar-refractivity contribution is 6.30. The minimum absolute atomic E-state index is 0.0254. The summed E-state index contributed by atoms with van der Waals surface area (Å²) in [6, 6.07) is 5.65. The Morgan fingerprint density at radius 3 is 2.68 bits per heavy atom. The number of piperidine rings is 1. The van der Waals surface area contributed by atoms with Gasteiger partial charge in [-0.25, -0.2) is 0 Å². The van der Waals surface area contributed by atoms with Gasteiger partial charge in [0.1, 0.15) is 12.4 Å². The molecular formula is C19H25ClN2O3. The predicted molar refractivity (Wildman–Crippen MR) is 96.7 cm³/mol. The van der Waals surface area contributed by atoms with Crippen LogP contribution in [0, 0.1) is 11.8 Å². The van der Waals surface area contributed by atoms with E-state index in [4.69, 9.17) is 16.3 Å². The van der Waals surface area contributed by atoms with Crippen molar-refractivity contribution in [3.05, 3.63) is 28.8 Å². The Labute approximate surface area is 153 Å². The number of fused-ring (bicyclic) bond motifs is 1. The summed E-state index contributed by atoms with van der Waals surface area (Å²) in [5, 5.41) is 3.79. The van der Waals surface area contributed by atoms with Crippen LogP contribution in [0.15, 0.2) is 18.2 Å². The molecule has 1 N–H and O–H groups in total. The monoisotopic (exact) mass is 364 g/mol. The molecule has 2 amide bonds. The Kier molecular flexibility index (Phi) is 5.52. The molecule has 3 rings (SSSR count). The lowest BCUT2D eigenvalue weighted by Crippen LogP contribution is -2.49. The van der Waals surface area contributed by atoms with Gasteiger partial charge in [0, 0.05) is 30.1 Å². The number of halogens is 1. The third-order valence-electron chi connectivity index (χ3n) is 4.95. The lowest BCUT2D eigenvalue weighted by atomic mass is 9.95. The fourth-order valence-corrected chi connectivity index (χ4v) is 3.65. The van der Waals surface area contributed by atoms with E-state index in [9.17, 15) is 9.59 Å². The van der Waals surface area contributed by atoms with E-state index in [-0.39, 0.29) is 29.7 Å². The van der Waals surface area contributed by atoms with E-state index in [1.54, 1.807) is 6.07 Å². The second-order valence-electron chi connectivity index (χ2n) is 7.23. The van der Waals surface area contributed by atoms with Gasteiger partial charge in [-0.15, -0.1) is 0 Å². The van der Waals surface area contributed by atoms with Crippen LogP contribution in [0.25, 0.3) is 0 Å². The van der Waals surface area contributed by atoms with Gasteiger partial charge >= 0.3 is 0 Å². The Morgan fingerprint density at radius 1 is 1.28 bits per heavy atom. The number of benzene rings is 1. The largest absolute Gasteiger partial charge is 0.492 e. The van der Waals surface area contributed by atoms with Crippen molar-refractivity contribution in [3.63, 3.8) is 0 Å². The van der Waals surface area contributed by atoms with Gasteiger partial charge in [0.2, 0.25) is 11.8 Å². The van der Waals surface area contributed by atoms with E-state index in [1.165, 1.54) is 0 Å². The van der Waals surface area contributed by atoms with E-state index >= 15 is 0 Å². The number of nitrogens with one attached hydrogen (secondary N) is 1. The molecule has 0 aliphatic carbocycles. The number of nitrogens with zero attached hydrogens (tertiary/aromatic N) is 1. The topological polar surface area (TPSA) is 58.6 Å². The first-order chi connectivity index (χ1) is 11.9. The molecule has 1 unspecified atom stereocenters. The molecule has 1 aromatic rings. The quantitative estimate of drug-likeness (QED) is 0.897. The fraction of sp³-hybridized carbons (Fsp3) is 0.579. The van der Waals surface area contributed by atoms with Crippen LogP contribution >= 0.6 is 11.6 Å². The third-order valence-corrected chi connectivity index (χ3v) is 5.18. The van der Waals surface area contributed by atoms with Crippen LogP contribution in [0.3, 0.4) is 0 Å². The molecule has 2 aliphatic rings. The van der Waals surface area contributed by atoms with Gasteiger partial charge in [-0.05, 0) is 43.0 Å². The predicted octanol–water partition coefficient (Wildman–Crippen LogP) is 2.65. The number of carbonyl (C=O) groups excluding carboxylic acids is 2. The normalized spacial score (nSPS) is 20.8. The van der Waals surface area contributed by atoms with Crippen molar-refractivity contribution < 1.29 is 14.3 Å². The molecule has 136 valence electrons. The molecule has 0 saturated carbocycles. The molecule has 1 aromatic carbocycles. The van der Waals surface area contributed by atoms with Crippen LogP contribution in [0.5, 0.6) is 5.75 Å². The highest BCUT2D eigenvalue weighted by atomic mass is 35.5. The summed E-state index contributed by atoms with van der Waals surface area (Å²) >= 11 is 6.03. The summed E-state index contributed by atoms with van der Waals surface area (Å²) in [6.07, 6.45) is 2.26. The number of amides is 2. The fourth-order valence-electron chi connectivity index (χ4n) is 3.46. The highest BCUT2D eigenvalue weighted by Crippen LogP contribution is 2.30. The lowest BCUT2D eigenvalue weighted by Gasteiger charge is -2.34. The SMILES string of the molecule is CC(C)C(=O)N1CCC(NC(=O)C2COc3ccc(Cl)cc3C2)CC1. The smallest absolute Gasteiger partial charge is 0.227 e. The second kappa shape index (κ2) is 7.65. The molecule has 25 heavy (non-hydrogen) atoms. The van der Waals surface area contributed by atoms with E-state index in [2.05, 4.69) is 5.32 Å². The Hall–Kier alpha value is -1.75. The van der Waals surface area contributed by atoms with Crippen LogP contribution in [0.1, 0.15) is 32.3 Å². The maximum Gasteiger partial charge on any atom is 0.227 e. The number of ether oxygens (including phenoxy) is 1. The summed E-state index contributed by atoms with van der Waals surface area (Å²) in [5.41, 5.74) is 0.983. The Bertz CT molecular complexity index is 654. The molecule has 0 aromatic heterocycles. The maximum absolute atomic E-state index is 12.6. The second-order valence-corrected chi connectivity index (χ2v) is 7.66. The molecule has 2 heterocycles. The third kappa shape index (κ3) is 4.27. The minimum atomic E-state index is -0.193. The molecular weight excluding hydrogens is 340 g/mol. The first kappa shape index (κ1) is 18.1.